The molecule has 2 aromatic heterocycles. The number of hydrogen-bond donors (Lipinski definition) is 1. The monoisotopic (exact) mass is 463 g/mol. The van der Waals surface area contributed by atoms with Crippen molar-refractivity contribution in [2.24, 2.45) is 0 Å². The van der Waals surface area contributed by atoms with Gasteiger partial charge in [-0.2, -0.15) is 13.2 Å². The number of aromatic nitrogens is 2. The Kier molecular flexibility index (Phi) is 7.13. The van der Waals surface area contributed by atoms with Crippen LogP contribution >= 0.6 is 23.1 Å². The summed E-state index contributed by atoms with van der Waals surface area (Å²) in [5.74, 6) is -0.757. The Morgan fingerprint density at radius 3 is 2.80 bits per heavy atom. The standard InChI is InChI=1S/C19H24F3N3O3S2/c1-4-13-10(2)29-16-14(13)17(27)25(8-12-6-5-7-28-12)18(24-16)30-11(3)15(26)23-9-19(20,21)22/h11-12H,4-9H2,1-3H3,(H,23,26). The van der Waals surface area contributed by atoms with Crippen LogP contribution in [-0.2, 0) is 22.5 Å². The van der Waals surface area contributed by atoms with Gasteiger partial charge in [-0.15, -0.1) is 11.3 Å². The summed E-state index contributed by atoms with van der Waals surface area (Å²) in [6, 6.07) is 0. The zero-order valence-corrected chi connectivity index (χ0v) is 18.6. The van der Waals surface area contributed by atoms with Crippen molar-refractivity contribution in [3.63, 3.8) is 0 Å². The van der Waals surface area contributed by atoms with Crippen molar-refractivity contribution in [3.8, 4) is 0 Å². The van der Waals surface area contributed by atoms with Gasteiger partial charge < -0.3 is 10.1 Å². The average molecular weight is 464 g/mol. The van der Waals surface area contributed by atoms with E-state index >= 15 is 0 Å². The van der Waals surface area contributed by atoms with Crippen LogP contribution in [-0.4, -0.2) is 46.1 Å². The quantitative estimate of drug-likeness (QED) is 0.501. The van der Waals surface area contributed by atoms with Gasteiger partial charge in [0.1, 0.15) is 11.4 Å². The molecule has 0 bridgehead atoms. The number of fused-ring (bicyclic) bond motifs is 1. The summed E-state index contributed by atoms with van der Waals surface area (Å²) in [6.07, 6.45) is -2.18. The topological polar surface area (TPSA) is 73.2 Å². The maximum absolute atomic E-state index is 13.4. The van der Waals surface area contributed by atoms with Gasteiger partial charge in [0, 0.05) is 11.5 Å². The van der Waals surface area contributed by atoms with Crippen LogP contribution < -0.4 is 10.9 Å². The highest BCUT2D eigenvalue weighted by atomic mass is 32.2. The van der Waals surface area contributed by atoms with E-state index in [0.29, 0.717) is 34.9 Å². The van der Waals surface area contributed by atoms with Crippen molar-refractivity contribution in [1.29, 1.82) is 0 Å². The number of thiophene rings is 1. The van der Waals surface area contributed by atoms with E-state index in [1.807, 2.05) is 19.2 Å². The Morgan fingerprint density at radius 2 is 2.20 bits per heavy atom. The number of aryl methyl sites for hydroxylation is 2. The molecule has 1 fully saturated rings. The van der Waals surface area contributed by atoms with Crippen LogP contribution in [0.5, 0.6) is 0 Å². The minimum Gasteiger partial charge on any atom is -0.376 e. The first-order valence-corrected chi connectivity index (χ1v) is 11.5. The van der Waals surface area contributed by atoms with Gasteiger partial charge in [-0.25, -0.2) is 4.98 Å². The molecule has 0 saturated carbocycles. The minimum absolute atomic E-state index is 0.125. The number of amides is 1. The number of halogens is 3. The smallest absolute Gasteiger partial charge is 0.376 e. The van der Waals surface area contributed by atoms with Gasteiger partial charge in [-0.3, -0.25) is 14.2 Å². The lowest BCUT2D eigenvalue weighted by molar-refractivity contribution is -0.137. The van der Waals surface area contributed by atoms with Crippen LogP contribution in [0.3, 0.4) is 0 Å². The second-order valence-corrected chi connectivity index (χ2v) is 9.72. The lowest BCUT2D eigenvalue weighted by atomic mass is 10.1. The first-order valence-electron chi connectivity index (χ1n) is 9.76. The third kappa shape index (κ3) is 5.17. The van der Waals surface area contributed by atoms with Crippen molar-refractivity contribution in [3.05, 3.63) is 20.8 Å². The predicted molar refractivity (Wildman–Crippen MR) is 111 cm³/mol. The zero-order chi connectivity index (χ0) is 22.1. The number of carbonyl (C=O) groups excluding carboxylic acids is 1. The molecule has 3 heterocycles. The van der Waals surface area contributed by atoms with E-state index in [1.165, 1.54) is 22.8 Å². The maximum Gasteiger partial charge on any atom is 0.405 e. The molecule has 3 rings (SSSR count). The molecule has 0 aliphatic carbocycles. The molecule has 1 saturated heterocycles. The molecule has 1 N–H and O–H groups in total. The molecular formula is C19H24F3N3O3S2. The second kappa shape index (κ2) is 9.27. The third-order valence-corrected chi connectivity index (χ3v) is 7.09. The minimum atomic E-state index is -4.48. The third-order valence-electron chi connectivity index (χ3n) is 4.96. The molecule has 1 amide bonds. The van der Waals surface area contributed by atoms with Crippen molar-refractivity contribution < 1.29 is 22.7 Å². The van der Waals surface area contributed by atoms with E-state index in [2.05, 4.69) is 4.98 Å². The summed E-state index contributed by atoms with van der Waals surface area (Å²) in [4.78, 5) is 31.7. The van der Waals surface area contributed by atoms with Gasteiger partial charge in [-0.05, 0) is 38.7 Å². The number of ether oxygens (including phenoxy) is 1. The molecule has 0 radical (unpaired) electrons. The van der Waals surface area contributed by atoms with Crippen LogP contribution in [0.2, 0.25) is 0 Å². The van der Waals surface area contributed by atoms with Crippen LogP contribution in [0.4, 0.5) is 13.2 Å². The lowest BCUT2D eigenvalue weighted by Gasteiger charge is -2.18. The Bertz CT molecular complexity index is 981. The molecule has 0 aromatic carbocycles. The number of nitrogens with one attached hydrogen (secondary N) is 1. The molecule has 6 nitrogen and oxygen atoms in total. The molecule has 11 heteroatoms. The number of hydrogen-bond acceptors (Lipinski definition) is 6. The Hall–Kier alpha value is -1.59. The average Bonchev–Trinajstić information content (AvgIpc) is 3.29. The van der Waals surface area contributed by atoms with Crippen molar-refractivity contribution in [1.82, 2.24) is 14.9 Å². The number of thioether (sulfide) groups is 1. The SMILES string of the molecule is CCc1c(C)sc2nc(SC(C)C(=O)NCC(F)(F)F)n(CC3CCCO3)c(=O)c12. The predicted octanol–water partition coefficient (Wildman–Crippen LogP) is 3.67. The van der Waals surface area contributed by atoms with Gasteiger partial charge >= 0.3 is 6.18 Å². The summed E-state index contributed by atoms with van der Waals surface area (Å²) in [5.41, 5.74) is 0.767. The number of alkyl halides is 3. The number of rotatable bonds is 7. The fourth-order valence-electron chi connectivity index (χ4n) is 3.44. The number of carbonyl (C=O) groups is 1. The van der Waals surface area contributed by atoms with Crippen molar-refractivity contribution >= 4 is 39.2 Å². The molecular weight excluding hydrogens is 439 g/mol. The van der Waals surface area contributed by atoms with Gasteiger partial charge in [-0.1, -0.05) is 18.7 Å². The van der Waals surface area contributed by atoms with Gasteiger partial charge in [0.15, 0.2) is 5.16 Å². The van der Waals surface area contributed by atoms with E-state index in [4.69, 9.17) is 4.74 Å². The largest absolute Gasteiger partial charge is 0.405 e. The zero-order valence-electron chi connectivity index (χ0n) is 17.0. The Morgan fingerprint density at radius 1 is 1.47 bits per heavy atom. The van der Waals surface area contributed by atoms with Crippen LogP contribution in [0, 0.1) is 6.92 Å². The summed E-state index contributed by atoms with van der Waals surface area (Å²) < 4.78 is 44.4. The maximum atomic E-state index is 13.4. The van der Waals surface area contributed by atoms with Gasteiger partial charge in [0.2, 0.25) is 5.91 Å². The first kappa shape index (κ1) is 23.1. The highest BCUT2D eigenvalue weighted by molar-refractivity contribution is 8.00. The normalized spacial score (nSPS) is 18.1. The molecule has 2 aromatic rings. The fraction of sp³-hybridized carbons (Fsp3) is 0.632. The first-order chi connectivity index (χ1) is 14.1. The van der Waals surface area contributed by atoms with Crippen molar-refractivity contribution in [2.45, 2.75) is 69.3 Å². The molecule has 1 aliphatic rings. The highest BCUT2D eigenvalue weighted by Gasteiger charge is 2.30. The van der Waals surface area contributed by atoms with Gasteiger partial charge in [0.25, 0.3) is 5.56 Å². The summed E-state index contributed by atoms with van der Waals surface area (Å²) in [5, 5.41) is 1.94. The molecule has 2 atom stereocenters. The Balaban J connectivity index is 1.95. The van der Waals surface area contributed by atoms with E-state index in [9.17, 15) is 22.8 Å². The van der Waals surface area contributed by atoms with E-state index in [-0.39, 0.29) is 11.7 Å². The molecule has 2 unspecified atom stereocenters. The summed E-state index contributed by atoms with van der Waals surface area (Å²) in [6.45, 7) is 4.96. The van der Waals surface area contributed by atoms with E-state index < -0.39 is 23.9 Å². The van der Waals surface area contributed by atoms with E-state index in [1.54, 1.807) is 0 Å². The molecule has 0 spiro atoms. The molecule has 30 heavy (non-hydrogen) atoms. The highest BCUT2D eigenvalue weighted by Crippen LogP contribution is 2.31. The van der Waals surface area contributed by atoms with E-state index in [0.717, 1.165) is 35.0 Å². The van der Waals surface area contributed by atoms with Crippen LogP contribution in [0.25, 0.3) is 10.2 Å². The second-order valence-electron chi connectivity index (χ2n) is 7.21. The van der Waals surface area contributed by atoms with Gasteiger partial charge in [0.05, 0.1) is 23.3 Å². The van der Waals surface area contributed by atoms with Crippen molar-refractivity contribution in [2.75, 3.05) is 13.2 Å². The molecule has 166 valence electrons. The Labute approximate surface area is 180 Å². The van der Waals surface area contributed by atoms with Crippen LogP contribution in [0.1, 0.15) is 37.1 Å². The van der Waals surface area contributed by atoms with Crippen LogP contribution in [0.15, 0.2) is 9.95 Å². The summed E-state index contributed by atoms with van der Waals surface area (Å²) >= 11 is 2.40. The fourth-order valence-corrected chi connectivity index (χ4v) is 5.54. The molecule has 1 aliphatic heterocycles. The summed E-state index contributed by atoms with van der Waals surface area (Å²) in [7, 11) is 0. The number of nitrogens with zero attached hydrogens (tertiary/aromatic N) is 2. The lowest BCUT2D eigenvalue weighted by Crippen LogP contribution is -2.38.